The topological polar surface area (TPSA) is 39.1 Å². The van der Waals surface area contributed by atoms with Crippen LogP contribution in [0.2, 0.25) is 0 Å². The normalized spacial score (nSPS) is 19.9. The smallest absolute Gasteiger partial charge is 0.122 e. The van der Waals surface area contributed by atoms with Gasteiger partial charge in [-0.2, -0.15) is 0 Å². The van der Waals surface area contributed by atoms with Gasteiger partial charge in [-0.15, -0.1) is 0 Å². The largest absolute Gasteiger partial charge is 0.381 e. The first kappa shape index (κ1) is 11.6. The number of ether oxygens (including phenoxy) is 1. The van der Waals surface area contributed by atoms with Gasteiger partial charge in [0.1, 0.15) is 5.82 Å². The standard InChI is InChI=1S/C12H21N3O/c1-10(11-3-7-16-8-4-11)14-9-12-13-5-6-15(12)2/h5-6,10-11,14H,3-4,7-9H2,1-2H3. The highest BCUT2D eigenvalue weighted by molar-refractivity contribution is 4.91. The van der Waals surface area contributed by atoms with Crippen molar-refractivity contribution in [2.24, 2.45) is 13.0 Å². The Labute approximate surface area is 97.0 Å². The number of aromatic nitrogens is 2. The summed E-state index contributed by atoms with van der Waals surface area (Å²) in [6.07, 6.45) is 6.18. The van der Waals surface area contributed by atoms with Crippen LogP contribution in [-0.4, -0.2) is 28.8 Å². The molecule has 1 saturated heterocycles. The summed E-state index contributed by atoms with van der Waals surface area (Å²) in [5.41, 5.74) is 0. The number of hydrogen-bond acceptors (Lipinski definition) is 3. The molecule has 1 fully saturated rings. The number of rotatable bonds is 4. The summed E-state index contributed by atoms with van der Waals surface area (Å²) in [5, 5.41) is 3.56. The summed E-state index contributed by atoms with van der Waals surface area (Å²) < 4.78 is 7.43. The van der Waals surface area contributed by atoms with Gasteiger partial charge in [0, 0.05) is 38.7 Å². The van der Waals surface area contributed by atoms with Crippen LogP contribution < -0.4 is 5.32 Å². The Morgan fingerprint density at radius 3 is 2.94 bits per heavy atom. The van der Waals surface area contributed by atoms with E-state index in [0.717, 1.165) is 31.5 Å². The van der Waals surface area contributed by atoms with E-state index >= 15 is 0 Å². The van der Waals surface area contributed by atoms with E-state index in [1.807, 2.05) is 19.4 Å². The van der Waals surface area contributed by atoms with E-state index in [4.69, 9.17) is 4.74 Å². The number of hydrogen-bond donors (Lipinski definition) is 1. The molecule has 1 atom stereocenters. The Kier molecular flexibility index (Phi) is 3.96. The number of nitrogens with zero attached hydrogens (tertiary/aromatic N) is 2. The van der Waals surface area contributed by atoms with Crippen LogP contribution >= 0.6 is 0 Å². The van der Waals surface area contributed by atoms with E-state index in [1.54, 1.807) is 0 Å². The van der Waals surface area contributed by atoms with E-state index in [9.17, 15) is 0 Å². The molecule has 1 aliphatic rings. The van der Waals surface area contributed by atoms with Crippen molar-refractivity contribution in [3.63, 3.8) is 0 Å². The molecule has 4 heteroatoms. The first-order valence-corrected chi connectivity index (χ1v) is 6.04. The van der Waals surface area contributed by atoms with Crippen molar-refractivity contribution in [1.82, 2.24) is 14.9 Å². The van der Waals surface area contributed by atoms with Gasteiger partial charge in [-0.05, 0) is 25.7 Å². The molecule has 16 heavy (non-hydrogen) atoms. The lowest BCUT2D eigenvalue weighted by Crippen LogP contribution is -2.36. The Hall–Kier alpha value is -0.870. The Morgan fingerprint density at radius 1 is 1.56 bits per heavy atom. The minimum Gasteiger partial charge on any atom is -0.381 e. The summed E-state index contributed by atoms with van der Waals surface area (Å²) in [7, 11) is 2.03. The molecular formula is C12H21N3O. The lowest BCUT2D eigenvalue weighted by Gasteiger charge is -2.28. The molecule has 0 bridgehead atoms. The van der Waals surface area contributed by atoms with Crippen LogP contribution in [-0.2, 0) is 18.3 Å². The molecule has 0 saturated carbocycles. The van der Waals surface area contributed by atoms with Crippen LogP contribution in [0.3, 0.4) is 0 Å². The second-order valence-electron chi connectivity index (χ2n) is 4.57. The fraction of sp³-hybridized carbons (Fsp3) is 0.750. The maximum absolute atomic E-state index is 5.38. The predicted molar refractivity (Wildman–Crippen MR) is 63.1 cm³/mol. The van der Waals surface area contributed by atoms with E-state index in [-0.39, 0.29) is 0 Å². The predicted octanol–water partition coefficient (Wildman–Crippen LogP) is 1.32. The molecule has 2 rings (SSSR count). The van der Waals surface area contributed by atoms with Crippen molar-refractivity contribution in [3.05, 3.63) is 18.2 Å². The molecule has 1 aromatic heterocycles. The van der Waals surface area contributed by atoms with E-state index in [1.165, 1.54) is 12.8 Å². The van der Waals surface area contributed by atoms with Gasteiger partial charge < -0.3 is 14.6 Å². The van der Waals surface area contributed by atoms with E-state index in [0.29, 0.717) is 6.04 Å². The fourth-order valence-electron chi connectivity index (χ4n) is 2.20. The first-order chi connectivity index (χ1) is 7.77. The molecule has 0 aromatic carbocycles. The minimum absolute atomic E-state index is 0.542. The highest BCUT2D eigenvalue weighted by Gasteiger charge is 2.20. The Morgan fingerprint density at radius 2 is 2.31 bits per heavy atom. The molecule has 1 aliphatic heterocycles. The lowest BCUT2D eigenvalue weighted by molar-refractivity contribution is 0.0556. The SMILES string of the molecule is CC(NCc1nccn1C)C1CCOCC1. The van der Waals surface area contributed by atoms with Gasteiger partial charge in [-0.25, -0.2) is 4.98 Å². The van der Waals surface area contributed by atoms with Gasteiger partial charge in [0.25, 0.3) is 0 Å². The number of nitrogens with one attached hydrogen (secondary N) is 1. The third-order valence-electron chi connectivity index (χ3n) is 3.48. The molecule has 0 radical (unpaired) electrons. The molecule has 0 amide bonds. The Balaban J connectivity index is 1.78. The van der Waals surface area contributed by atoms with Crippen LogP contribution in [0.1, 0.15) is 25.6 Å². The summed E-state index contributed by atoms with van der Waals surface area (Å²) in [4.78, 5) is 4.31. The molecule has 4 nitrogen and oxygen atoms in total. The molecule has 1 N–H and O–H groups in total. The zero-order valence-corrected chi connectivity index (χ0v) is 10.1. The Bertz CT molecular complexity index is 318. The summed E-state index contributed by atoms with van der Waals surface area (Å²) >= 11 is 0. The highest BCUT2D eigenvalue weighted by atomic mass is 16.5. The molecule has 0 aliphatic carbocycles. The molecule has 2 heterocycles. The summed E-state index contributed by atoms with van der Waals surface area (Å²) in [5.74, 6) is 1.84. The van der Waals surface area contributed by atoms with Gasteiger partial charge in [-0.1, -0.05) is 0 Å². The third kappa shape index (κ3) is 2.83. The van der Waals surface area contributed by atoms with Crippen molar-refractivity contribution >= 4 is 0 Å². The maximum Gasteiger partial charge on any atom is 0.122 e. The second-order valence-corrected chi connectivity index (χ2v) is 4.57. The third-order valence-corrected chi connectivity index (χ3v) is 3.48. The molecule has 1 unspecified atom stereocenters. The van der Waals surface area contributed by atoms with Crippen molar-refractivity contribution < 1.29 is 4.74 Å². The zero-order valence-electron chi connectivity index (χ0n) is 10.1. The van der Waals surface area contributed by atoms with Gasteiger partial charge in [0.2, 0.25) is 0 Å². The quantitative estimate of drug-likeness (QED) is 0.837. The molecule has 0 spiro atoms. The molecule has 1 aromatic rings. The average Bonchev–Trinajstić information content (AvgIpc) is 2.73. The monoisotopic (exact) mass is 223 g/mol. The highest BCUT2D eigenvalue weighted by Crippen LogP contribution is 2.18. The maximum atomic E-state index is 5.38. The lowest BCUT2D eigenvalue weighted by atomic mass is 9.93. The van der Waals surface area contributed by atoms with Crippen molar-refractivity contribution in [2.45, 2.75) is 32.4 Å². The van der Waals surface area contributed by atoms with Crippen LogP contribution in [0.4, 0.5) is 0 Å². The summed E-state index contributed by atoms with van der Waals surface area (Å²) in [6, 6.07) is 0.542. The van der Waals surface area contributed by atoms with Crippen LogP contribution in [0.15, 0.2) is 12.4 Å². The van der Waals surface area contributed by atoms with Gasteiger partial charge in [0.15, 0.2) is 0 Å². The average molecular weight is 223 g/mol. The van der Waals surface area contributed by atoms with Gasteiger partial charge >= 0.3 is 0 Å². The van der Waals surface area contributed by atoms with Crippen LogP contribution in [0.25, 0.3) is 0 Å². The van der Waals surface area contributed by atoms with Gasteiger partial charge in [0.05, 0.1) is 6.54 Å². The fourth-order valence-corrected chi connectivity index (χ4v) is 2.20. The number of aryl methyl sites for hydroxylation is 1. The molecular weight excluding hydrogens is 202 g/mol. The minimum atomic E-state index is 0.542. The van der Waals surface area contributed by atoms with Crippen LogP contribution in [0.5, 0.6) is 0 Å². The number of imidazole rings is 1. The van der Waals surface area contributed by atoms with Crippen molar-refractivity contribution in [2.75, 3.05) is 13.2 Å². The second kappa shape index (κ2) is 5.46. The van der Waals surface area contributed by atoms with Gasteiger partial charge in [-0.3, -0.25) is 0 Å². The zero-order chi connectivity index (χ0) is 11.4. The van der Waals surface area contributed by atoms with Crippen molar-refractivity contribution in [3.8, 4) is 0 Å². The molecule has 90 valence electrons. The summed E-state index contributed by atoms with van der Waals surface area (Å²) in [6.45, 7) is 4.94. The van der Waals surface area contributed by atoms with Crippen molar-refractivity contribution in [1.29, 1.82) is 0 Å². The van der Waals surface area contributed by atoms with Crippen LogP contribution in [0, 0.1) is 5.92 Å². The van der Waals surface area contributed by atoms with E-state index in [2.05, 4.69) is 21.8 Å². The first-order valence-electron chi connectivity index (χ1n) is 6.04. The van der Waals surface area contributed by atoms with E-state index < -0.39 is 0 Å².